The molecular formula is C10H12Cl2N4O. The van der Waals surface area contributed by atoms with Crippen LogP contribution in [0.3, 0.4) is 0 Å². The summed E-state index contributed by atoms with van der Waals surface area (Å²) >= 11 is 11.7. The van der Waals surface area contributed by atoms with Gasteiger partial charge in [0.05, 0.1) is 0 Å². The monoisotopic (exact) mass is 274 g/mol. The van der Waals surface area contributed by atoms with Crippen LogP contribution in [0.1, 0.15) is 12.8 Å². The van der Waals surface area contributed by atoms with E-state index in [4.69, 9.17) is 23.2 Å². The van der Waals surface area contributed by atoms with Gasteiger partial charge in [-0.15, -0.1) is 0 Å². The standard InChI is InChI=1S/C10H12Cl2N4O/c11-9-8(10(12)15-5-14-9)16-7(17)3-6-1-2-13-4-6/h5-6,13H,1-4H2,(H,16,17). The van der Waals surface area contributed by atoms with E-state index in [0.717, 1.165) is 19.5 Å². The smallest absolute Gasteiger partial charge is 0.224 e. The van der Waals surface area contributed by atoms with Crippen LogP contribution in [0, 0.1) is 5.92 Å². The first-order valence-electron chi connectivity index (χ1n) is 5.33. The van der Waals surface area contributed by atoms with Crippen LogP contribution in [-0.4, -0.2) is 29.0 Å². The minimum Gasteiger partial charge on any atom is -0.321 e. The van der Waals surface area contributed by atoms with Gasteiger partial charge >= 0.3 is 0 Å². The Balaban J connectivity index is 1.97. The predicted octanol–water partition coefficient (Wildman–Crippen LogP) is 1.72. The molecule has 1 amide bonds. The molecule has 1 aromatic rings. The minimum absolute atomic E-state index is 0.114. The summed E-state index contributed by atoms with van der Waals surface area (Å²) in [5.41, 5.74) is 0.284. The second-order valence-corrected chi connectivity index (χ2v) is 4.66. The zero-order chi connectivity index (χ0) is 12.3. The van der Waals surface area contributed by atoms with Crippen molar-refractivity contribution in [3.63, 3.8) is 0 Å². The van der Waals surface area contributed by atoms with E-state index < -0.39 is 0 Å². The van der Waals surface area contributed by atoms with E-state index in [0.29, 0.717) is 12.3 Å². The molecule has 1 aliphatic heterocycles. The van der Waals surface area contributed by atoms with Crippen LogP contribution in [0.25, 0.3) is 0 Å². The highest BCUT2D eigenvalue weighted by Gasteiger charge is 2.19. The highest BCUT2D eigenvalue weighted by molar-refractivity contribution is 6.38. The third kappa shape index (κ3) is 3.28. The summed E-state index contributed by atoms with van der Waals surface area (Å²) in [6.45, 7) is 1.84. The first-order chi connectivity index (χ1) is 8.16. The van der Waals surface area contributed by atoms with E-state index in [9.17, 15) is 4.79 Å². The lowest BCUT2D eigenvalue weighted by Gasteiger charge is -2.10. The number of hydrogen-bond acceptors (Lipinski definition) is 4. The fourth-order valence-electron chi connectivity index (χ4n) is 1.79. The van der Waals surface area contributed by atoms with Crippen LogP contribution in [-0.2, 0) is 4.79 Å². The number of halogens is 2. The van der Waals surface area contributed by atoms with E-state index in [1.807, 2.05) is 0 Å². The molecule has 2 N–H and O–H groups in total. The summed E-state index contributed by atoms with van der Waals surface area (Å²) in [5, 5.41) is 6.17. The number of hydrogen-bond donors (Lipinski definition) is 2. The average molecular weight is 275 g/mol. The van der Waals surface area contributed by atoms with Gasteiger partial charge in [0.1, 0.15) is 12.0 Å². The number of rotatable bonds is 3. The van der Waals surface area contributed by atoms with Crippen LogP contribution >= 0.6 is 23.2 Å². The van der Waals surface area contributed by atoms with Gasteiger partial charge in [0.2, 0.25) is 5.91 Å². The average Bonchev–Trinajstić information content (AvgIpc) is 2.76. The second-order valence-electron chi connectivity index (χ2n) is 3.94. The maximum Gasteiger partial charge on any atom is 0.224 e. The van der Waals surface area contributed by atoms with Crippen molar-refractivity contribution < 1.29 is 4.79 Å². The zero-order valence-corrected chi connectivity index (χ0v) is 10.6. The second kappa shape index (κ2) is 5.62. The molecule has 5 nitrogen and oxygen atoms in total. The minimum atomic E-state index is -0.114. The molecule has 7 heteroatoms. The predicted molar refractivity (Wildman–Crippen MR) is 66.3 cm³/mol. The largest absolute Gasteiger partial charge is 0.321 e. The van der Waals surface area contributed by atoms with Crippen LogP contribution < -0.4 is 10.6 Å². The maximum atomic E-state index is 11.8. The van der Waals surface area contributed by atoms with Crippen molar-refractivity contribution in [1.82, 2.24) is 15.3 Å². The number of nitrogens with zero attached hydrogens (tertiary/aromatic N) is 2. The van der Waals surface area contributed by atoms with E-state index in [2.05, 4.69) is 20.6 Å². The summed E-state index contributed by atoms with van der Waals surface area (Å²) in [6, 6.07) is 0. The van der Waals surface area contributed by atoms with Crippen molar-refractivity contribution in [3.8, 4) is 0 Å². The van der Waals surface area contributed by atoms with E-state index in [-0.39, 0.29) is 21.9 Å². The molecule has 2 rings (SSSR count). The van der Waals surface area contributed by atoms with Gasteiger partial charge in [-0.25, -0.2) is 9.97 Å². The van der Waals surface area contributed by atoms with Gasteiger partial charge in [-0.3, -0.25) is 4.79 Å². The summed E-state index contributed by atoms with van der Waals surface area (Å²) in [4.78, 5) is 19.3. The van der Waals surface area contributed by atoms with Gasteiger partial charge in [-0.1, -0.05) is 23.2 Å². The number of amides is 1. The highest BCUT2D eigenvalue weighted by Crippen LogP contribution is 2.26. The molecule has 1 aliphatic rings. The van der Waals surface area contributed by atoms with Crippen molar-refractivity contribution >= 4 is 34.8 Å². The van der Waals surface area contributed by atoms with Crippen LogP contribution in [0.2, 0.25) is 10.3 Å². The van der Waals surface area contributed by atoms with Crippen molar-refractivity contribution in [2.75, 3.05) is 18.4 Å². The molecule has 1 aromatic heterocycles. The third-order valence-corrected chi connectivity index (χ3v) is 3.23. The first-order valence-corrected chi connectivity index (χ1v) is 6.09. The lowest BCUT2D eigenvalue weighted by Crippen LogP contribution is -2.19. The first kappa shape index (κ1) is 12.5. The van der Waals surface area contributed by atoms with Crippen LogP contribution in [0.4, 0.5) is 5.69 Å². The number of anilines is 1. The Hall–Kier alpha value is -0.910. The number of carbonyl (C=O) groups excluding carboxylic acids is 1. The van der Waals surface area contributed by atoms with Gasteiger partial charge < -0.3 is 10.6 Å². The molecule has 0 radical (unpaired) electrons. The van der Waals surface area contributed by atoms with Gasteiger partial charge in [-0.2, -0.15) is 0 Å². The molecule has 17 heavy (non-hydrogen) atoms. The molecule has 0 saturated carbocycles. The van der Waals surface area contributed by atoms with Crippen molar-refractivity contribution in [2.24, 2.45) is 5.92 Å². The summed E-state index contributed by atoms with van der Waals surface area (Å²) in [7, 11) is 0. The molecule has 1 saturated heterocycles. The van der Waals surface area contributed by atoms with Gasteiger partial charge in [-0.05, 0) is 25.4 Å². The molecule has 1 fully saturated rings. The molecule has 92 valence electrons. The lowest BCUT2D eigenvalue weighted by atomic mass is 10.0. The van der Waals surface area contributed by atoms with E-state index >= 15 is 0 Å². The molecule has 0 aliphatic carbocycles. The Bertz CT molecular complexity index is 401. The van der Waals surface area contributed by atoms with E-state index in [1.165, 1.54) is 6.33 Å². The van der Waals surface area contributed by atoms with Crippen molar-refractivity contribution in [3.05, 3.63) is 16.6 Å². The van der Waals surface area contributed by atoms with Crippen molar-refractivity contribution in [2.45, 2.75) is 12.8 Å². The SMILES string of the molecule is O=C(CC1CCNC1)Nc1c(Cl)ncnc1Cl. The van der Waals surface area contributed by atoms with Crippen molar-refractivity contribution in [1.29, 1.82) is 0 Å². The number of aromatic nitrogens is 2. The Morgan fingerprint density at radius 1 is 1.47 bits per heavy atom. The fourth-order valence-corrected chi connectivity index (χ4v) is 2.20. The Morgan fingerprint density at radius 2 is 2.18 bits per heavy atom. The maximum absolute atomic E-state index is 11.8. The quantitative estimate of drug-likeness (QED) is 0.824. The summed E-state index contributed by atoms with van der Waals surface area (Å²) in [5.74, 6) is 0.259. The third-order valence-electron chi connectivity index (χ3n) is 2.66. The Labute approximate surface area is 109 Å². The van der Waals surface area contributed by atoms with Crippen LogP contribution in [0.15, 0.2) is 6.33 Å². The van der Waals surface area contributed by atoms with Gasteiger partial charge in [0.15, 0.2) is 10.3 Å². The topological polar surface area (TPSA) is 66.9 Å². The number of carbonyl (C=O) groups is 1. The molecule has 1 atom stereocenters. The highest BCUT2D eigenvalue weighted by atomic mass is 35.5. The summed E-state index contributed by atoms with van der Waals surface area (Å²) < 4.78 is 0. The zero-order valence-electron chi connectivity index (χ0n) is 9.04. The Morgan fingerprint density at radius 3 is 2.76 bits per heavy atom. The van der Waals surface area contributed by atoms with Gasteiger partial charge in [0, 0.05) is 6.42 Å². The molecule has 0 aromatic carbocycles. The molecule has 0 bridgehead atoms. The number of nitrogens with one attached hydrogen (secondary N) is 2. The Kier molecular flexibility index (Phi) is 4.15. The van der Waals surface area contributed by atoms with E-state index in [1.54, 1.807) is 0 Å². The van der Waals surface area contributed by atoms with Crippen LogP contribution in [0.5, 0.6) is 0 Å². The molecule has 2 heterocycles. The molecule has 1 unspecified atom stereocenters. The molecular weight excluding hydrogens is 263 g/mol. The fraction of sp³-hybridized carbons (Fsp3) is 0.500. The molecule has 0 spiro atoms. The normalized spacial score (nSPS) is 19.3. The summed E-state index contributed by atoms with van der Waals surface area (Å²) in [6.07, 6.45) is 2.72. The van der Waals surface area contributed by atoms with Gasteiger partial charge in [0.25, 0.3) is 0 Å². The lowest BCUT2D eigenvalue weighted by molar-refractivity contribution is -0.116.